The van der Waals surface area contributed by atoms with Crippen molar-refractivity contribution in [1.82, 2.24) is 20.0 Å². The van der Waals surface area contributed by atoms with Gasteiger partial charge in [0.15, 0.2) is 0 Å². The Kier molecular flexibility index (Phi) is 4.81. The van der Waals surface area contributed by atoms with Crippen LogP contribution in [0.15, 0.2) is 4.47 Å². The fraction of sp³-hybridized carbons (Fsp3) is 0.769. The minimum Gasteiger partial charge on any atom is -0.315 e. The fourth-order valence-corrected chi connectivity index (χ4v) is 3.15. The molecular formula is C13H23BrN4. The molecule has 0 aliphatic carbocycles. The van der Waals surface area contributed by atoms with E-state index in [9.17, 15) is 0 Å². The van der Waals surface area contributed by atoms with Gasteiger partial charge in [-0.05, 0) is 48.8 Å². The number of rotatable bonds is 4. The normalized spacial score (nSPS) is 20.6. The van der Waals surface area contributed by atoms with E-state index in [1.807, 2.05) is 18.7 Å². The summed E-state index contributed by atoms with van der Waals surface area (Å²) in [5, 5.41) is 7.96. The SMILES string of the molecule is CCN(Cc1c(Br)c(C)nn1C)C1CCCNC1. The van der Waals surface area contributed by atoms with Gasteiger partial charge < -0.3 is 5.32 Å². The highest BCUT2D eigenvalue weighted by molar-refractivity contribution is 9.10. The highest BCUT2D eigenvalue weighted by Gasteiger charge is 2.22. The van der Waals surface area contributed by atoms with Crippen LogP contribution < -0.4 is 5.32 Å². The molecule has 5 heteroatoms. The lowest BCUT2D eigenvalue weighted by Gasteiger charge is -2.33. The first kappa shape index (κ1) is 14.0. The molecule has 2 heterocycles. The van der Waals surface area contributed by atoms with Gasteiger partial charge in [0, 0.05) is 26.2 Å². The van der Waals surface area contributed by atoms with Crippen LogP contribution in [0.25, 0.3) is 0 Å². The van der Waals surface area contributed by atoms with E-state index >= 15 is 0 Å². The summed E-state index contributed by atoms with van der Waals surface area (Å²) in [6, 6.07) is 0.658. The number of likely N-dealkylation sites (N-methyl/N-ethyl adjacent to an activating group) is 1. The Labute approximate surface area is 118 Å². The lowest BCUT2D eigenvalue weighted by molar-refractivity contribution is 0.162. The molecule has 1 N–H and O–H groups in total. The number of halogens is 1. The van der Waals surface area contributed by atoms with Crippen LogP contribution in [0.4, 0.5) is 0 Å². The van der Waals surface area contributed by atoms with Crippen molar-refractivity contribution in [3.63, 3.8) is 0 Å². The van der Waals surface area contributed by atoms with Gasteiger partial charge in [0.2, 0.25) is 0 Å². The van der Waals surface area contributed by atoms with Crippen LogP contribution in [-0.4, -0.2) is 40.4 Å². The molecule has 1 aliphatic rings. The van der Waals surface area contributed by atoms with Gasteiger partial charge in [-0.15, -0.1) is 0 Å². The Morgan fingerprint density at radius 1 is 1.56 bits per heavy atom. The summed E-state index contributed by atoms with van der Waals surface area (Å²) in [5.41, 5.74) is 2.35. The van der Waals surface area contributed by atoms with E-state index < -0.39 is 0 Å². The molecule has 18 heavy (non-hydrogen) atoms. The van der Waals surface area contributed by atoms with Gasteiger partial charge in [-0.1, -0.05) is 6.92 Å². The Hall–Kier alpha value is -0.390. The number of hydrogen-bond donors (Lipinski definition) is 1. The summed E-state index contributed by atoms with van der Waals surface area (Å²) in [6.45, 7) is 8.63. The van der Waals surface area contributed by atoms with E-state index in [4.69, 9.17) is 0 Å². The second kappa shape index (κ2) is 6.17. The van der Waals surface area contributed by atoms with Crippen LogP contribution in [0.5, 0.6) is 0 Å². The fourth-order valence-electron chi connectivity index (χ4n) is 2.69. The number of hydrogen-bond acceptors (Lipinski definition) is 3. The third-order valence-electron chi connectivity index (χ3n) is 3.81. The zero-order valence-corrected chi connectivity index (χ0v) is 13.1. The van der Waals surface area contributed by atoms with Gasteiger partial charge in [-0.3, -0.25) is 9.58 Å². The molecule has 0 amide bonds. The summed E-state index contributed by atoms with van der Waals surface area (Å²) in [6.07, 6.45) is 2.59. The number of aromatic nitrogens is 2. The highest BCUT2D eigenvalue weighted by atomic mass is 79.9. The Morgan fingerprint density at radius 2 is 2.33 bits per heavy atom. The molecule has 0 bridgehead atoms. The van der Waals surface area contributed by atoms with Crippen molar-refractivity contribution < 1.29 is 0 Å². The quantitative estimate of drug-likeness (QED) is 0.923. The topological polar surface area (TPSA) is 33.1 Å². The molecule has 1 fully saturated rings. The van der Waals surface area contributed by atoms with Crippen LogP contribution in [-0.2, 0) is 13.6 Å². The largest absolute Gasteiger partial charge is 0.315 e. The van der Waals surface area contributed by atoms with Gasteiger partial charge in [-0.25, -0.2) is 0 Å². The molecule has 1 atom stereocenters. The first-order valence-corrected chi connectivity index (χ1v) is 7.55. The number of piperidine rings is 1. The van der Waals surface area contributed by atoms with Gasteiger partial charge >= 0.3 is 0 Å². The first-order valence-electron chi connectivity index (χ1n) is 6.76. The van der Waals surface area contributed by atoms with Crippen LogP contribution in [0.1, 0.15) is 31.2 Å². The van der Waals surface area contributed by atoms with E-state index in [1.54, 1.807) is 0 Å². The van der Waals surface area contributed by atoms with Gasteiger partial charge in [0.1, 0.15) is 0 Å². The van der Waals surface area contributed by atoms with Gasteiger partial charge in [-0.2, -0.15) is 5.10 Å². The zero-order valence-electron chi connectivity index (χ0n) is 11.5. The molecule has 1 saturated heterocycles. The number of nitrogens with zero attached hydrogens (tertiary/aromatic N) is 3. The Bertz CT molecular complexity index is 396. The minimum atomic E-state index is 0.658. The predicted octanol–water partition coefficient (Wildman–Crippen LogP) is 2.06. The molecule has 1 aromatic heterocycles. The van der Waals surface area contributed by atoms with E-state index in [-0.39, 0.29) is 0 Å². The molecule has 4 nitrogen and oxygen atoms in total. The molecule has 0 spiro atoms. The van der Waals surface area contributed by atoms with Crippen molar-refractivity contribution in [2.75, 3.05) is 19.6 Å². The first-order chi connectivity index (χ1) is 8.63. The number of nitrogens with one attached hydrogen (secondary N) is 1. The maximum atomic E-state index is 4.47. The van der Waals surface area contributed by atoms with E-state index in [0.717, 1.165) is 29.8 Å². The average molecular weight is 315 g/mol. The molecule has 0 saturated carbocycles. The third-order valence-corrected chi connectivity index (χ3v) is 4.84. The van der Waals surface area contributed by atoms with Crippen molar-refractivity contribution in [3.05, 3.63) is 15.9 Å². The van der Waals surface area contributed by atoms with E-state index in [2.05, 4.69) is 38.2 Å². The van der Waals surface area contributed by atoms with Crippen molar-refractivity contribution in [1.29, 1.82) is 0 Å². The van der Waals surface area contributed by atoms with Crippen LogP contribution in [0, 0.1) is 6.92 Å². The minimum absolute atomic E-state index is 0.658. The molecule has 2 rings (SSSR count). The van der Waals surface area contributed by atoms with Crippen molar-refractivity contribution in [2.45, 2.75) is 39.3 Å². The maximum absolute atomic E-state index is 4.47. The molecule has 0 aromatic carbocycles. The second-order valence-corrected chi connectivity index (χ2v) is 5.83. The van der Waals surface area contributed by atoms with Crippen LogP contribution in [0.2, 0.25) is 0 Å². The van der Waals surface area contributed by atoms with Crippen molar-refractivity contribution >= 4 is 15.9 Å². The molecule has 102 valence electrons. The van der Waals surface area contributed by atoms with Crippen LogP contribution in [0.3, 0.4) is 0 Å². The Morgan fingerprint density at radius 3 is 2.83 bits per heavy atom. The third kappa shape index (κ3) is 2.95. The Balaban J connectivity index is 2.09. The molecular weight excluding hydrogens is 292 g/mol. The predicted molar refractivity (Wildman–Crippen MR) is 77.6 cm³/mol. The molecule has 0 radical (unpaired) electrons. The maximum Gasteiger partial charge on any atom is 0.0739 e. The summed E-state index contributed by atoms with van der Waals surface area (Å²) < 4.78 is 3.16. The van der Waals surface area contributed by atoms with Gasteiger partial charge in [0.05, 0.1) is 15.9 Å². The molecule has 1 unspecified atom stereocenters. The zero-order chi connectivity index (χ0) is 13.1. The van der Waals surface area contributed by atoms with E-state index in [1.165, 1.54) is 25.1 Å². The van der Waals surface area contributed by atoms with Crippen LogP contribution >= 0.6 is 15.9 Å². The lowest BCUT2D eigenvalue weighted by Crippen LogP contribution is -2.45. The number of aryl methyl sites for hydroxylation is 2. The second-order valence-electron chi connectivity index (χ2n) is 5.03. The van der Waals surface area contributed by atoms with E-state index in [0.29, 0.717) is 6.04 Å². The van der Waals surface area contributed by atoms with Gasteiger partial charge in [0.25, 0.3) is 0 Å². The standard InChI is InChI=1S/C13H23BrN4/c1-4-18(11-6-5-7-15-8-11)9-12-13(14)10(2)16-17(12)3/h11,15H,4-9H2,1-3H3. The average Bonchev–Trinajstić information content (AvgIpc) is 2.62. The highest BCUT2D eigenvalue weighted by Crippen LogP contribution is 2.23. The molecule has 1 aromatic rings. The van der Waals surface area contributed by atoms with Crippen molar-refractivity contribution in [2.24, 2.45) is 7.05 Å². The summed E-state index contributed by atoms with van der Waals surface area (Å²) in [5.74, 6) is 0. The summed E-state index contributed by atoms with van der Waals surface area (Å²) >= 11 is 3.66. The van der Waals surface area contributed by atoms with Crippen molar-refractivity contribution in [3.8, 4) is 0 Å². The monoisotopic (exact) mass is 314 g/mol. The lowest BCUT2D eigenvalue weighted by atomic mass is 10.1. The smallest absolute Gasteiger partial charge is 0.0739 e. The summed E-state index contributed by atoms with van der Waals surface area (Å²) in [7, 11) is 2.03. The molecule has 1 aliphatic heterocycles. The summed E-state index contributed by atoms with van der Waals surface area (Å²) in [4.78, 5) is 2.55.